The van der Waals surface area contributed by atoms with E-state index in [0.29, 0.717) is 28.9 Å². The zero-order valence-corrected chi connectivity index (χ0v) is 17.6. The number of hydrogen-bond donors (Lipinski definition) is 2. The summed E-state index contributed by atoms with van der Waals surface area (Å²) >= 11 is 0. The number of nitrogens with zero attached hydrogens (tertiary/aromatic N) is 1. The third-order valence-corrected chi connectivity index (χ3v) is 4.62. The Kier molecular flexibility index (Phi) is 7.78. The number of nitrogens with one attached hydrogen (secondary N) is 2. The van der Waals surface area contributed by atoms with Crippen LogP contribution in [-0.4, -0.2) is 50.2 Å². The largest absolute Gasteiger partial charge is 0.460 e. The molecule has 2 rings (SSSR count). The molecule has 0 saturated heterocycles. The molecule has 1 atom stereocenters. The highest BCUT2D eigenvalue weighted by Gasteiger charge is 2.35. The van der Waals surface area contributed by atoms with Crippen LogP contribution in [-0.2, 0) is 19.1 Å². The molecule has 29 heavy (non-hydrogen) atoms. The van der Waals surface area contributed by atoms with E-state index < -0.39 is 12.0 Å². The smallest absolute Gasteiger partial charge is 0.338 e. The minimum absolute atomic E-state index is 0.0569. The molecule has 1 aliphatic heterocycles. The summed E-state index contributed by atoms with van der Waals surface area (Å²) in [6, 6.07) is 6.10. The van der Waals surface area contributed by atoms with Crippen molar-refractivity contribution in [3.8, 4) is 0 Å². The Balaban J connectivity index is 2.24. The fourth-order valence-electron chi connectivity index (χ4n) is 2.99. The number of allylic oxidation sites excluding steroid dienone is 1. The highest BCUT2D eigenvalue weighted by Crippen LogP contribution is 2.31. The summed E-state index contributed by atoms with van der Waals surface area (Å²) in [5.74, 6) is -0.298. The van der Waals surface area contributed by atoms with Gasteiger partial charge in [0.2, 0.25) is 5.91 Å². The number of carbonyl (C=O) groups is 3. The van der Waals surface area contributed by atoms with Crippen molar-refractivity contribution in [3.63, 3.8) is 0 Å². The summed E-state index contributed by atoms with van der Waals surface area (Å²) < 4.78 is 10.2. The molecule has 2 N–H and O–H groups in total. The quantitative estimate of drug-likeness (QED) is 0.514. The molecule has 0 aromatic heterocycles. The molecule has 0 bridgehead atoms. The molecule has 1 heterocycles. The van der Waals surface area contributed by atoms with E-state index in [2.05, 4.69) is 10.6 Å². The van der Waals surface area contributed by atoms with Gasteiger partial charge in [0.1, 0.15) is 6.61 Å². The number of ether oxygens (including phenoxy) is 2. The van der Waals surface area contributed by atoms with Crippen LogP contribution in [0.2, 0.25) is 0 Å². The normalized spacial score (nSPS) is 16.7. The second-order valence-corrected chi connectivity index (χ2v) is 7.34. The monoisotopic (exact) mass is 403 g/mol. The summed E-state index contributed by atoms with van der Waals surface area (Å²) in [5, 5.41) is 5.67. The Hall–Kier alpha value is -2.87. The Bertz CT molecular complexity index is 786. The van der Waals surface area contributed by atoms with Crippen LogP contribution >= 0.6 is 0 Å². The lowest BCUT2D eigenvalue weighted by atomic mass is 9.95. The van der Waals surface area contributed by atoms with Gasteiger partial charge >= 0.3 is 12.0 Å². The van der Waals surface area contributed by atoms with Crippen LogP contribution in [0.4, 0.5) is 10.5 Å². The number of amides is 3. The van der Waals surface area contributed by atoms with Crippen LogP contribution in [0, 0.1) is 5.92 Å². The van der Waals surface area contributed by atoms with Crippen LogP contribution in [0.15, 0.2) is 35.5 Å². The van der Waals surface area contributed by atoms with E-state index in [0.717, 1.165) is 0 Å². The van der Waals surface area contributed by atoms with Crippen LogP contribution < -0.4 is 10.6 Å². The number of methoxy groups -OCH3 is 1. The van der Waals surface area contributed by atoms with Gasteiger partial charge in [0.15, 0.2) is 0 Å². The first kappa shape index (κ1) is 22.4. The standard InChI is InChI=1S/C21H29N3O5/c1-13(2)12-17(25)22-16-8-6-15(7-9-16)19-18(20(26)29-11-10-28-5)14(3)24(4)21(27)23-19/h6-9,13,19H,10-12H2,1-5H3,(H,22,25)(H,23,27)/t19-/m1/s1. The van der Waals surface area contributed by atoms with Gasteiger partial charge in [-0.15, -0.1) is 0 Å². The number of carbonyl (C=O) groups excluding carboxylic acids is 3. The van der Waals surface area contributed by atoms with Gasteiger partial charge in [0.05, 0.1) is 18.2 Å². The van der Waals surface area contributed by atoms with E-state index in [4.69, 9.17) is 9.47 Å². The van der Waals surface area contributed by atoms with E-state index in [1.165, 1.54) is 12.0 Å². The fourth-order valence-corrected chi connectivity index (χ4v) is 2.99. The van der Waals surface area contributed by atoms with Crippen molar-refractivity contribution in [2.75, 3.05) is 32.7 Å². The number of benzene rings is 1. The highest BCUT2D eigenvalue weighted by atomic mass is 16.6. The average molecular weight is 403 g/mol. The number of esters is 1. The van der Waals surface area contributed by atoms with Gasteiger partial charge in [-0.05, 0) is 30.5 Å². The summed E-state index contributed by atoms with van der Waals surface area (Å²) in [6.07, 6.45) is 0.437. The first-order valence-electron chi connectivity index (χ1n) is 9.55. The lowest BCUT2D eigenvalue weighted by Crippen LogP contribution is -2.46. The molecular formula is C21H29N3O5. The van der Waals surface area contributed by atoms with Crippen LogP contribution in [0.5, 0.6) is 0 Å². The Morgan fingerprint density at radius 2 is 1.86 bits per heavy atom. The second-order valence-electron chi connectivity index (χ2n) is 7.34. The van der Waals surface area contributed by atoms with Crippen molar-refractivity contribution in [3.05, 3.63) is 41.1 Å². The molecule has 1 aromatic rings. The van der Waals surface area contributed by atoms with Gasteiger partial charge in [-0.2, -0.15) is 0 Å². The van der Waals surface area contributed by atoms with E-state index in [9.17, 15) is 14.4 Å². The summed E-state index contributed by atoms with van der Waals surface area (Å²) in [5.41, 5.74) is 2.25. The predicted octanol–water partition coefficient (Wildman–Crippen LogP) is 2.83. The van der Waals surface area contributed by atoms with Crippen molar-refractivity contribution in [2.45, 2.75) is 33.2 Å². The third-order valence-electron chi connectivity index (χ3n) is 4.62. The number of urea groups is 1. The van der Waals surface area contributed by atoms with Crippen LogP contribution in [0.1, 0.15) is 38.8 Å². The van der Waals surface area contributed by atoms with Gasteiger partial charge < -0.3 is 25.0 Å². The first-order chi connectivity index (χ1) is 13.7. The second kappa shape index (κ2) is 10.1. The molecule has 1 aromatic carbocycles. The van der Waals surface area contributed by atoms with Crippen molar-refractivity contribution >= 4 is 23.6 Å². The topological polar surface area (TPSA) is 97.0 Å². The zero-order valence-electron chi connectivity index (χ0n) is 17.6. The number of hydrogen-bond acceptors (Lipinski definition) is 5. The van der Waals surface area contributed by atoms with Gasteiger partial charge in [-0.3, -0.25) is 4.79 Å². The van der Waals surface area contributed by atoms with E-state index in [-0.39, 0.29) is 31.1 Å². The van der Waals surface area contributed by atoms with Gasteiger partial charge in [0, 0.05) is 32.0 Å². The molecule has 0 fully saturated rings. The molecule has 0 aliphatic carbocycles. The van der Waals surface area contributed by atoms with E-state index in [1.807, 2.05) is 13.8 Å². The summed E-state index contributed by atoms with van der Waals surface area (Å²) in [6.45, 7) is 6.08. The summed E-state index contributed by atoms with van der Waals surface area (Å²) in [7, 11) is 3.12. The van der Waals surface area contributed by atoms with E-state index in [1.54, 1.807) is 38.2 Å². The van der Waals surface area contributed by atoms with Crippen molar-refractivity contribution in [2.24, 2.45) is 5.92 Å². The maximum absolute atomic E-state index is 12.7. The Morgan fingerprint density at radius 1 is 1.21 bits per heavy atom. The van der Waals surface area contributed by atoms with Crippen molar-refractivity contribution in [1.82, 2.24) is 10.2 Å². The fraction of sp³-hybridized carbons (Fsp3) is 0.476. The predicted molar refractivity (Wildman–Crippen MR) is 109 cm³/mol. The van der Waals surface area contributed by atoms with Crippen LogP contribution in [0.25, 0.3) is 0 Å². The SMILES string of the molecule is COCCOC(=O)C1=C(C)N(C)C(=O)N[C@@H]1c1ccc(NC(=O)CC(C)C)cc1. The maximum Gasteiger partial charge on any atom is 0.338 e. The minimum Gasteiger partial charge on any atom is -0.460 e. The lowest BCUT2D eigenvalue weighted by Gasteiger charge is -2.33. The summed E-state index contributed by atoms with van der Waals surface area (Å²) in [4.78, 5) is 38.3. The number of rotatable bonds is 8. The molecule has 158 valence electrons. The molecule has 8 nitrogen and oxygen atoms in total. The third kappa shape index (κ3) is 5.80. The average Bonchev–Trinajstić information content (AvgIpc) is 2.66. The molecule has 8 heteroatoms. The van der Waals surface area contributed by atoms with Gasteiger partial charge in [-0.25, -0.2) is 9.59 Å². The van der Waals surface area contributed by atoms with Crippen molar-refractivity contribution < 1.29 is 23.9 Å². The molecule has 0 unspecified atom stereocenters. The molecule has 0 radical (unpaired) electrons. The molecule has 1 aliphatic rings. The minimum atomic E-state index is -0.644. The molecular weight excluding hydrogens is 374 g/mol. The number of anilines is 1. The van der Waals surface area contributed by atoms with Crippen molar-refractivity contribution in [1.29, 1.82) is 0 Å². The molecule has 0 saturated carbocycles. The van der Waals surface area contributed by atoms with Crippen LogP contribution in [0.3, 0.4) is 0 Å². The molecule has 3 amide bonds. The molecule has 0 spiro atoms. The van der Waals surface area contributed by atoms with E-state index >= 15 is 0 Å². The first-order valence-corrected chi connectivity index (χ1v) is 9.55. The Labute approximate surface area is 171 Å². The lowest BCUT2D eigenvalue weighted by molar-refractivity contribution is -0.140. The van der Waals surface area contributed by atoms with Gasteiger partial charge in [0.25, 0.3) is 0 Å². The highest BCUT2D eigenvalue weighted by molar-refractivity contribution is 5.95. The maximum atomic E-state index is 12.7. The Morgan fingerprint density at radius 3 is 2.45 bits per heavy atom. The van der Waals surface area contributed by atoms with Gasteiger partial charge in [-0.1, -0.05) is 26.0 Å². The zero-order chi connectivity index (χ0) is 21.6.